The van der Waals surface area contributed by atoms with Gasteiger partial charge in [0.1, 0.15) is 12.2 Å². The van der Waals surface area contributed by atoms with Gasteiger partial charge in [-0.3, -0.25) is 4.68 Å². The van der Waals surface area contributed by atoms with E-state index in [9.17, 15) is 9.18 Å². The second-order valence-electron chi connectivity index (χ2n) is 4.98. The predicted molar refractivity (Wildman–Crippen MR) is 85.5 cm³/mol. The first-order chi connectivity index (χ1) is 12.1. The number of benzene rings is 1. The Bertz CT molecular complexity index is 962. The van der Waals surface area contributed by atoms with E-state index >= 15 is 0 Å². The number of nitriles is 1. The van der Waals surface area contributed by atoms with Crippen LogP contribution in [0.15, 0.2) is 42.9 Å². The molecule has 25 heavy (non-hydrogen) atoms. The summed E-state index contributed by atoms with van der Waals surface area (Å²) in [6.07, 6.45) is 4.11. The van der Waals surface area contributed by atoms with Crippen molar-refractivity contribution < 1.29 is 14.3 Å². The summed E-state index contributed by atoms with van der Waals surface area (Å²) in [7, 11) is 0. The maximum Gasteiger partial charge on any atom is 0.335 e. The quantitative estimate of drug-likeness (QED) is 0.733. The molecule has 0 unspecified atom stereocenters. The molecule has 0 aliphatic carbocycles. The van der Waals surface area contributed by atoms with Crippen LogP contribution in [0.3, 0.4) is 0 Å². The van der Waals surface area contributed by atoms with Gasteiger partial charge in [-0.1, -0.05) is 12.1 Å². The topological polar surface area (TPSA) is 117 Å². The average molecular weight is 338 g/mol. The highest BCUT2D eigenvalue weighted by Gasteiger charge is 2.11. The summed E-state index contributed by atoms with van der Waals surface area (Å²) in [6.45, 7) is 0.104. The highest BCUT2D eigenvalue weighted by atomic mass is 19.1. The van der Waals surface area contributed by atoms with Crippen LogP contribution in [-0.4, -0.2) is 30.8 Å². The van der Waals surface area contributed by atoms with Crippen LogP contribution in [0.4, 0.5) is 16.0 Å². The Morgan fingerprint density at radius 2 is 2.08 bits per heavy atom. The van der Waals surface area contributed by atoms with Crippen LogP contribution in [0.2, 0.25) is 0 Å². The summed E-state index contributed by atoms with van der Waals surface area (Å²) in [4.78, 5) is 18.9. The van der Waals surface area contributed by atoms with Crippen LogP contribution in [0.25, 0.3) is 11.3 Å². The molecular formula is C16H11FN6O2. The van der Waals surface area contributed by atoms with Crippen molar-refractivity contribution in [2.75, 3.05) is 5.32 Å². The number of nitrogens with zero attached hydrogens (tertiary/aromatic N) is 5. The Morgan fingerprint density at radius 3 is 2.76 bits per heavy atom. The Hall–Kier alpha value is -3.80. The third-order valence-electron chi connectivity index (χ3n) is 3.27. The third kappa shape index (κ3) is 3.59. The van der Waals surface area contributed by atoms with Crippen molar-refractivity contribution in [3.8, 4) is 17.3 Å². The minimum absolute atomic E-state index is 0.0406. The number of nitrogens with one attached hydrogen (secondary N) is 1. The number of halogens is 1. The fraction of sp³-hybridized carbons (Fsp3) is 0.0625. The standard InChI is InChI=1S/C16H11FN6O2/c17-13-8-19-16(21-12-7-20-23(9-12)6-5-18)22-14(13)10-1-3-11(4-2-10)15(24)25/h1-4,7-9H,6H2,(H,24,25)(H,19,21,22). The zero-order valence-corrected chi connectivity index (χ0v) is 12.7. The molecule has 3 aromatic rings. The van der Waals surface area contributed by atoms with Crippen LogP contribution in [-0.2, 0) is 6.54 Å². The molecule has 0 atom stereocenters. The summed E-state index contributed by atoms with van der Waals surface area (Å²) < 4.78 is 15.5. The number of aromatic carboxylic acids is 1. The molecule has 0 saturated carbocycles. The van der Waals surface area contributed by atoms with Gasteiger partial charge in [-0.15, -0.1) is 0 Å². The van der Waals surface area contributed by atoms with Crippen molar-refractivity contribution in [1.29, 1.82) is 5.26 Å². The molecule has 0 fully saturated rings. The van der Waals surface area contributed by atoms with Gasteiger partial charge in [0, 0.05) is 11.8 Å². The van der Waals surface area contributed by atoms with E-state index in [2.05, 4.69) is 20.4 Å². The monoisotopic (exact) mass is 338 g/mol. The SMILES string of the molecule is N#CCn1cc(Nc2ncc(F)c(-c3ccc(C(=O)O)cc3)n2)cn1. The van der Waals surface area contributed by atoms with Gasteiger partial charge in [-0.05, 0) is 12.1 Å². The number of rotatable bonds is 5. The summed E-state index contributed by atoms with van der Waals surface area (Å²) in [6, 6.07) is 7.66. The van der Waals surface area contributed by atoms with Crippen LogP contribution in [0, 0.1) is 17.1 Å². The Labute approximate surface area is 141 Å². The van der Waals surface area contributed by atoms with Gasteiger partial charge in [-0.25, -0.2) is 19.2 Å². The molecule has 0 radical (unpaired) electrons. The molecule has 124 valence electrons. The summed E-state index contributed by atoms with van der Waals surface area (Å²) in [5.74, 6) is -1.55. The molecule has 3 rings (SSSR count). The molecule has 1 aromatic carbocycles. The lowest BCUT2D eigenvalue weighted by Gasteiger charge is -2.06. The Balaban J connectivity index is 1.87. The van der Waals surface area contributed by atoms with Crippen molar-refractivity contribution in [2.24, 2.45) is 0 Å². The van der Waals surface area contributed by atoms with Gasteiger partial charge in [0.15, 0.2) is 5.82 Å². The van der Waals surface area contributed by atoms with Crippen LogP contribution in [0.5, 0.6) is 0 Å². The average Bonchev–Trinajstić information content (AvgIpc) is 3.04. The fourth-order valence-corrected chi connectivity index (χ4v) is 2.12. The molecule has 2 heterocycles. The number of anilines is 2. The third-order valence-corrected chi connectivity index (χ3v) is 3.27. The van der Waals surface area contributed by atoms with Gasteiger partial charge >= 0.3 is 5.97 Å². The molecule has 0 saturated heterocycles. The Morgan fingerprint density at radius 1 is 1.32 bits per heavy atom. The molecule has 0 spiro atoms. The van der Waals surface area contributed by atoms with Gasteiger partial charge in [0.25, 0.3) is 0 Å². The van der Waals surface area contributed by atoms with Crippen LogP contribution in [0.1, 0.15) is 10.4 Å². The number of hydrogen-bond acceptors (Lipinski definition) is 6. The van der Waals surface area contributed by atoms with E-state index in [4.69, 9.17) is 10.4 Å². The molecule has 0 amide bonds. The van der Waals surface area contributed by atoms with Crippen molar-refractivity contribution in [3.05, 3.63) is 54.2 Å². The molecular weight excluding hydrogens is 327 g/mol. The lowest BCUT2D eigenvalue weighted by atomic mass is 10.1. The number of carbonyl (C=O) groups is 1. The van der Waals surface area contributed by atoms with E-state index in [-0.39, 0.29) is 23.8 Å². The zero-order chi connectivity index (χ0) is 17.8. The fourth-order valence-electron chi connectivity index (χ4n) is 2.12. The molecule has 9 heteroatoms. The van der Waals surface area contributed by atoms with E-state index in [1.54, 1.807) is 6.20 Å². The number of carboxylic acid groups (broad SMARTS) is 1. The highest BCUT2D eigenvalue weighted by Crippen LogP contribution is 2.23. The molecule has 0 bridgehead atoms. The maximum atomic E-state index is 14.0. The first kappa shape index (κ1) is 16.1. The van der Waals surface area contributed by atoms with E-state index in [0.717, 1.165) is 6.20 Å². The molecule has 2 aromatic heterocycles. The van der Waals surface area contributed by atoms with E-state index < -0.39 is 11.8 Å². The molecule has 0 aliphatic heterocycles. The van der Waals surface area contributed by atoms with Gasteiger partial charge in [-0.2, -0.15) is 10.4 Å². The van der Waals surface area contributed by atoms with Crippen LogP contribution < -0.4 is 5.32 Å². The second kappa shape index (κ2) is 6.76. The molecule has 2 N–H and O–H groups in total. The summed E-state index contributed by atoms with van der Waals surface area (Å²) in [5.41, 5.74) is 1.11. The highest BCUT2D eigenvalue weighted by molar-refractivity contribution is 5.88. The normalized spacial score (nSPS) is 10.2. The number of aromatic nitrogens is 4. The van der Waals surface area contributed by atoms with Crippen molar-refractivity contribution in [2.45, 2.75) is 6.54 Å². The van der Waals surface area contributed by atoms with Gasteiger partial charge in [0.05, 0.1) is 29.7 Å². The lowest BCUT2D eigenvalue weighted by Crippen LogP contribution is -2.01. The van der Waals surface area contributed by atoms with Crippen molar-refractivity contribution >= 4 is 17.6 Å². The largest absolute Gasteiger partial charge is 0.478 e. The maximum absolute atomic E-state index is 14.0. The smallest absolute Gasteiger partial charge is 0.335 e. The Kier molecular flexibility index (Phi) is 4.34. The lowest BCUT2D eigenvalue weighted by molar-refractivity contribution is 0.0697. The van der Waals surface area contributed by atoms with E-state index in [0.29, 0.717) is 11.3 Å². The van der Waals surface area contributed by atoms with Crippen molar-refractivity contribution in [1.82, 2.24) is 19.7 Å². The predicted octanol–water partition coefficient (Wildman–Crippen LogP) is 2.44. The van der Waals surface area contributed by atoms with Gasteiger partial charge < -0.3 is 10.4 Å². The summed E-state index contributed by atoms with van der Waals surface area (Å²) >= 11 is 0. The summed E-state index contributed by atoms with van der Waals surface area (Å²) in [5, 5.41) is 24.4. The number of hydrogen-bond donors (Lipinski definition) is 2. The zero-order valence-electron chi connectivity index (χ0n) is 12.7. The van der Waals surface area contributed by atoms with Crippen molar-refractivity contribution in [3.63, 3.8) is 0 Å². The molecule has 8 nitrogen and oxygen atoms in total. The molecule has 0 aliphatic rings. The first-order valence-electron chi connectivity index (χ1n) is 7.09. The van der Waals surface area contributed by atoms with Crippen LogP contribution >= 0.6 is 0 Å². The minimum atomic E-state index is -1.06. The van der Waals surface area contributed by atoms with Gasteiger partial charge in [0.2, 0.25) is 5.95 Å². The first-order valence-corrected chi connectivity index (χ1v) is 7.09. The second-order valence-corrected chi connectivity index (χ2v) is 4.98. The van der Waals surface area contributed by atoms with E-state index in [1.165, 1.54) is 35.1 Å². The number of carboxylic acids is 1. The minimum Gasteiger partial charge on any atom is -0.478 e. The van der Waals surface area contributed by atoms with E-state index in [1.807, 2.05) is 6.07 Å².